The minimum Gasteiger partial charge on any atom is -0.431 e. The first kappa shape index (κ1) is 13.7. The molecule has 4 aliphatic carbocycles. The number of hydrogen-bond donors (Lipinski definition) is 0. The van der Waals surface area contributed by atoms with Gasteiger partial charge in [0.15, 0.2) is 5.58 Å². The molecule has 0 atom stereocenters. The van der Waals surface area contributed by atoms with E-state index in [1.54, 1.807) is 0 Å². The predicted molar refractivity (Wildman–Crippen MR) is 90.3 cm³/mol. The number of thioether (sulfide) groups is 1. The number of oxazole rings is 1. The minimum absolute atomic E-state index is 0.567. The van der Waals surface area contributed by atoms with E-state index in [9.17, 15) is 0 Å². The number of halogens is 1. The van der Waals surface area contributed by atoms with Crippen LogP contribution in [0.4, 0.5) is 0 Å². The molecule has 0 N–H and O–H groups in total. The molecule has 4 fully saturated rings. The molecule has 2 aromatic rings. The predicted octanol–water partition coefficient (Wildman–Crippen LogP) is 5.79. The Morgan fingerprint density at radius 2 is 1.82 bits per heavy atom. The van der Waals surface area contributed by atoms with E-state index in [2.05, 4.69) is 4.98 Å². The maximum atomic E-state index is 6.03. The first-order valence-corrected chi connectivity index (χ1v) is 9.73. The minimum atomic E-state index is 0.567. The third-order valence-corrected chi connectivity index (χ3v) is 7.41. The van der Waals surface area contributed by atoms with E-state index >= 15 is 0 Å². The summed E-state index contributed by atoms with van der Waals surface area (Å²) in [5.74, 6) is 4.20. The third-order valence-electron chi connectivity index (χ3n) is 6.00. The lowest BCUT2D eigenvalue weighted by Crippen LogP contribution is -2.47. The Hall–Kier alpha value is -0.670. The highest BCUT2D eigenvalue weighted by atomic mass is 35.5. The SMILES string of the molecule is Clc1ccc2oc(SCC34CC5CC(CC(C5)C3)C4)nc2c1. The molecule has 1 aromatic heterocycles. The molecular formula is C18H20ClNOS. The number of rotatable bonds is 3. The van der Waals surface area contributed by atoms with E-state index in [0.29, 0.717) is 5.41 Å². The van der Waals surface area contributed by atoms with Gasteiger partial charge in [-0.25, -0.2) is 4.98 Å². The molecule has 0 amide bonds. The van der Waals surface area contributed by atoms with Crippen LogP contribution in [0.25, 0.3) is 11.1 Å². The summed E-state index contributed by atoms with van der Waals surface area (Å²) in [4.78, 5) is 4.60. The summed E-state index contributed by atoms with van der Waals surface area (Å²) in [6, 6.07) is 5.66. The van der Waals surface area contributed by atoms with E-state index < -0.39 is 0 Å². The number of nitrogens with zero attached hydrogens (tertiary/aromatic N) is 1. The first-order chi connectivity index (χ1) is 10.7. The molecule has 0 aliphatic heterocycles. The largest absolute Gasteiger partial charge is 0.431 e. The molecule has 2 nitrogen and oxygen atoms in total. The number of benzene rings is 1. The lowest BCUT2D eigenvalue weighted by atomic mass is 9.50. The fourth-order valence-corrected chi connectivity index (χ4v) is 6.88. The second kappa shape index (κ2) is 4.91. The normalized spacial score (nSPS) is 36.3. The van der Waals surface area contributed by atoms with Crippen LogP contribution in [0, 0.1) is 23.2 Å². The molecule has 22 heavy (non-hydrogen) atoms. The van der Waals surface area contributed by atoms with Crippen molar-refractivity contribution in [2.24, 2.45) is 23.2 Å². The number of hydrogen-bond acceptors (Lipinski definition) is 3. The monoisotopic (exact) mass is 333 g/mol. The van der Waals surface area contributed by atoms with Crippen LogP contribution >= 0.6 is 23.4 Å². The summed E-state index contributed by atoms with van der Waals surface area (Å²) < 4.78 is 5.88. The summed E-state index contributed by atoms with van der Waals surface area (Å²) in [7, 11) is 0. The lowest BCUT2D eigenvalue weighted by molar-refractivity contribution is -0.0382. The topological polar surface area (TPSA) is 26.0 Å². The van der Waals surface area contributed by atoms with Gasteiger partial charge in [-0.15, -0.1) is 0 Å². The number of aromatic nitrogens is 1. The second-order valence-electron chi connectivity index (χ2n) is 7.80. The highest BCUT2D eigenvalue weighted by Gasteiger charge is 2.50. The third kappa shape index (κ3) is 2.28. The van der Waals surface area contributed by atoms with Gasteiger partial charge in [-0.1, -0.05) is 23.4 Å². The molecule has 1 heterocycles. The molecule has 0 radical (unpaired) electrons. The zero-order chi connectivity index (χ0) is 14.7. The first-order valence-electron chi connectivity index (χ1n) is 8.36. The molecule has 0 saturated heterocycles. The molecule has 4 bridgehead atoms. The van der Waals surface area contributed by atoms with E-state index in [-0.39, 0.29) is 0 Å². The fourth-order valence-electron chi connectivity index (χ4n) is 5.62. The van der Waals surface area contributed by atoms with Gasteiger partial charge in [0, 0.05) is 10.8 Å². The molecule has 116 valence electrons. The van der Waals surface area contributed by atoms with Crippen molar-refractivity contribution in [3.63, 3.8) is 0 Å². The lowest BCUT2D eigenvalue weighted by Gasteiger charge is -2.56. The van der Waals surface area contributed by atoms with Crippen molar-refractivity contribution in [1.82, 2.24) is 4.98 Å². The quantitative estimate of drug-likeness (QED) is 0.665. The van der Waals surface area contributed by atoms with Crippen LogP contribution in [-0.4, -0.2) is 10.7 Å². The van der Waals surface area contributed by atoms with Gasteiger partial charge in [0.2, 0.25) is 0 Å². The van der Waals surface area contributed by atoms with Gasteiger partial charge in [0.05, 0.1) is 0 Å². The van der Waals surface area contributed by atoms with Crippen LogP contribution in [0.2, 0.25) is 5.02 Å². The van der Waals surface area contributed by atoms with Crippen LogP contribution in [-0.2, 0) is 0 Å². The van der Waals surface area contributed by atoms with Crippen LogP contribution in [0.15, 0.2) is 27.8 Å². The van der Waals surface area contributed by atoms with Crippen molar-refractivity contribution < 1.29 is 4.42 Å². The van der Waals surface area contributed by atoms with Crippen LogP contribution in [0.3, 0.4) is 0 Å². The Bertz CT molecular complexity index is 690. The molecular weight excluding hydrogens is 314 g/mol. The summed E-state index contributed by atoms with van der Waals surface area (Å²) in [5.41, 5.74) is 2.29. The average molecular weight is 334 g/mol. The van der Waals surface area contributed by atoms with Gasteiger partial charge in [0.1, 0.15) is 5.52 Å². The van der Waals surface area contributed by atoms with E-state index in [0.717, 1.165) is 39.1 Å². The van der Waals surface area contributed by atoms with Crippen molar-refractivity contribution in [1.29, 1.82) is 0 Å². The second-order valence-corrected chi connectivity index (χ2v) is 9.16. The van der Waals surface area contributed by atoms with Gasteiger partial charge in [-0.05, 0) is 79.9 Å². The molecule has 0 unspecified atom stereocenters. The van der Waals surface area contributed by atoms with E-state index in [1.807, 2.05) is 30.0 Å². The number of fused-ring (bicyclic) bond motifs is 1. The highest BCUT2D eigenvalue weighted by Crippen LogP contribution is 2.61. The van der Waals surface area contributed by atoms with Crippen molar-refractivity contribution in [2.45, 2.75) is 43.7 Å². The maximum Gasteiger partial charge on any atom is 0.256 e. The summed E-state index contributed by atoms with van der Waals surface area (Å²) >= 11 is 7.85. The summed E-state index contributed by atoms with van der Waals surface area (Å²) in [5, 5.41) is 1.53. The Morgan fingerprint density at radius 1 is 1.14 bits per heavy atom. The zero-order valence-corrected chi connectivity index (χ0v) is 14.1. The summed E-state index contributed by atoms with van der Waals surface area (Å²) in [6.45, 7) is 0. The molecule has 6 rings (SSSR count). The standard InChI is InChI=1S/C18H20ClNOS/c19-14-1-2-16-15(6-14)20-17(21-16)22-10-18-7-11-3-12(8-18)5-13(4-11)9-18/h1-2,6,11-13H,3-5,7-10H2. The average Bonchev–Trinajstić information content (AvgIpc) is 2.86. The van der Waals surface area contributed by atoms with Crippen molar-refractivity contribution >= 4 is 34.5 Å². The van der Waals surface area contributed by atoms with Gasteiger partial charge in [-0.3, -0.25) is 0 Å². The zero-order valence-electron chi connectivity index (χ0n) is 12.6. The fraction of sp³-hybridized carbons (Fsp3) is 0.611. The van der Waals surface area contributed by atoms with Crippen molar-refractivity contribution in [3.05, 3.63) is 23.2 Å². The van der Waals surface area contributed by atoms with E-state index in [1.165, 1.54) is 44.3 Å². The smallest absolute Gasteiger partial charge is 0.256 e. The molecule has 4 heteroatoms. The Labute approximate surface area is 140 Å². The van der Waals surface area contributed by atoms with Crippen LogP contribution in [0.5, 0.6) is 0 Å². The Balaban J connectivity index is 1.35. The van der Waals surface area contributed by atoms with Crippen LogP contribution < -0.4 is 0 Å². The van der Waals surface area contributed by atoms with Crippen molar-refractivity contribution in [2.75, 3.05) is 5.75 Å². The summed E-state index contributed by atoms with van der Waals surface area (Å²) in [6.07, 6.45) is 8.84. The molecule has 4 aliphatic rings. The molecule has 4 saturated carbocycles. The van der Waals surface area contributed by atoms with Crippen LogP contribution in [0.1, 0.15) is 38.5 Å². The van der Waals surface area contributed by atoms with Gasteiger partial charge < -0.3 is 4.42 Å². The Morgan fingerprint density at radius 3 is 2.50 bits per heavy atom. The van der Waals surface area contributed by atoms with Gasteiger partial charge in [-0.2, -0.15) is 0 Å². The van der Waals surface area contributed by atoms with Gasteiger partial charge in [0.25, 0.3) is 5.22 Å². The Kier molecular flexibility index (Phi) is 3.07. The maximum absolute atomic E-state index is 6.03. The molecule has 0 spiro atoms. The van der Waals surface area contributed by atoms with Gasteiger partial charge >= 0.3 is 0 Å². The van der Waals surface area contributed by atoms with E-state index in [4.69, 9.17) is 16.0 Å². The molecule has 1 aromatic carbocycles. The van der Waals surface area contributed by atoms with Crippen molar-refractivity contribution in [3.8, 4) is 0 Å². The highest BCUT2D eigenvalue weighted by molar-refractivity contribution is 7.99.